The molecule has 0 saturated heterocycles. The van der Waals surface area contributed by atoms with Gasteiger partial charge in [0, 0.05) is 5.88 Å². The Labute approximate surface area is 71.9 Å². The molecule has 0 radical (unpaired) electrons. The Morgan fingerprint density at radius 3 is 2.73 bits per heavy atom. The molecule has 60 valence electrons. The Kier molecular flexibility index (Phi) is 3.24. The van der Waals surface area contributed by atoms with Crippen LogP contribution in [-0.2, 0) is 6.42 Å². The van der Waals surface area contributed by atoms with Crippen LogP contribution in [0.1, 0.15) is 5.56 Å². The van der Waals surface area contributed by atoms with Gasteiger partial charge >= 0.3 is 0 Å². The summed E-state index contributed by atoms with van der Waals surface area (Å²) < 4.78 is 5.14. The number of hydrogen-bond acceptors (Lipinski definition) is 1. The van der Waals surface area contributed by atoms with Gasteiger partial charge in [-0.3, -0.25) is 0 Å². The van der Waals surface area contributed by atoms with Crippen molar-refractivity contribution in [2.75, 3.05) is 13.0 Å². The van der Waals surface area contributed by atoms with E-state index >= 15 is 0 Å². The molecule has 0 fully saturated rings. The van der Waals surface area contributed by atoms with E-state index in [1.807, 2.05) is 24.3 Å². The van der Waals surface area contributed by atoms with Crippen molar-refractivity contribution >= 4 is 11.6 Å². The zero-order valence-electron chi connectivity index (χ0n) is 6.51. The van der Waals surface area contributed by atoms with Crippen molar-refractivity contribution in [3.8, 4) is 5.75 Å². The normalized spacial score (nSPS) is 9.64. The van der Waals surface area contributed by atoms with Crippen molar-refractivity contribution in [2.24, 2.45) is 0 Å². The topological polar surface area (TPSA) is 9.23 Å². The molecule has 0 N–H and O–H groups in total. The van der Waals surface area contributed by atoms with E-state index in [1.165, 1.54) is 5.56 Å². The van der Waals surface area contributed by atoms with Crippen molar-refractivity contribution in [2.45, 2.75) is 6.42 Å². The largest absolute Gasteiger partial charge is 0.496 e. The Morgan fingerprint density at radius 2 is 2.09 bits per heavy atom. The predicted molar refractivity (Wildman–Crippen MR) is 47.4 cm³/mol. The molecule has 11 heavy (non-hydrogen) atoms. The van der Waals surface area contributed by atoms with Crippen molar-refractivity contribution in [3.05, 3.63) is 29.8 Å². The quantitative estimate of drug-likeness (QED) is 0.634. The number of ether oxygens (including phenoxy) is 1. The van der Waals surface area contributed by atoms with E-state index in [2.05, 4.69) is 0 Å². The average molecular weight is 171 g/mol. The molecule has 0 spiro atoms. The first kappa shape index (κ1) is 8.41. The molecule has 1 nitrogen and oxygen atoms in total. The van der Waals surface area contributed by atoms with Crippen molar-refractivity contribution in [1.29, 1.82) is 0 Å². The van der Waals surface area contributed by atoms with Gasteiger partial charge in [0.1, 0.15) is 5.75 Å². The third-order valence-corrected chi connectivity index (χ3v) is 1.75. The minimum Gasteiger partial charge on any atom is -0.496 e. The summed E-state index contributed by atoms with van der Waals surface area (Å²) in [6, 6.07) is 7.92. The zero-order valence-corrected chi connectivity index (χ0v) is 7.27. The zero-order chi connectivity index (χ0) is 8.10. The van der Waals surface area contributed by atoms with E-state index < -0.39 is 0 Å². The van der Waals surface area contributed by atoms with Gasteiger partial charge in [0.15, 0.2) is 0 Å². The molecule has 1 aromatic rings. The molecule has 0 aliphatic heterocycles. The second kappa shape index (κ2) is 4.24. The van der Waals surface area contributed by atoms with Crippen LogP contribution in [0.4, 0.5) is 0 Å². The SMILES string of the molecule is COc1ccccc1CCCl. The monoisotopic (exact) mass is 170 g/mol. The molecule has 0 aliphatic rings. The Bertz CT molecular complexity index is 223. The number of methoxy groups -OCH3 is 1. The van der Waals surface area contributed by atoms with Gasteiger partial charge in [0.2, 0.25) is 0 Å². The smallest absolute Gasteiger partial charge is 0.122 e. The maximum Gasteiger partial charge on any atom is 0.122 e. The van der Waals surface area contributed by atoms with E-state index in [1.54, 1.807) is 7.11 Å². The van der Waals surface area contributed by atoms with Crippen molar-refractivity contribution in [1.82, 2.24) is 0 Å². The van der Waals surface area contributed by atoms with Gasteiger partial charge in [0.05, 0.1) is 7.11 Å². The summed E-state index contributed by atoms with van der Waals surface area (Å²) in [5, 5.41) is 0. The molecule has 0 bridgehead atoms. The second-order valence-corrected chi connectivity index (χ2v) is 2.63. The van der Waals surface area contributed by atoms with E-state index in [-0.39, 0.29) is 0 Å². The molecule has 0 amide bonds. The fraction of sp³-hybridized carbons (Fsp3) is 0.333. The standard InChI is InChI=1S/C9H11ClO/c1-11-9-5-3-2-4-8(9)6-7-10/h2-5H,6-7H2,1H3. The van der Waals surface area contributed by atoms with E-state index in [4.69, 9.17) is 16.3 Å². The maximum absolute atomic E-state index is 5.61. The van der Waals surface area contributed by atoms with Crippen LogP contribution in [0.5, 0.6) is 5.75 Å². The first-order valence-electron chi connectivity index (χ1n) is 3.56. The number of hydrogen-bond donors (Lipinski definition) is 0. The number of aryl methyl sites for hydroxylation is 1. The molecule has 2 heteroatoms. The summed E-state index contributed by atoms with van der Waals surface area (Å²) in [5.74, 6) is 1.56. The van der Waals surface area contributed by atoms with Gasteiger partial charge in [-0.15, -0.1) is 11.6 Å². The van der Waals surface area contributed by atoms with Crippen molar-refractivity contribution in [3.63, 3.8) is 0 Å². The van der Waals surface area contributed by atoms with Gasteiger partial charge in [0.25, 0.3) is 0 Å². The van der Waals surface area contributed by atoms with Crippen LogP contribution in [0.3, 0.4) is 0 Å². The summed E-state index contributed by atoms with van der Waals surface area (Å²) in [7, 11) is 1.67. The lowest BCUT2D eigenvalue weighted by atomic mass is 10.1. The van der Waals surface area contributed by atoms with E-state index in [0.717, 1.165) is 12.2 Å². The highest BCUT2D eigenvalue weighted by molar-refractivity contribution is 6.18. The van der Waals surface area contributed by atoms with Crippen LogP contribution in [0, 0.1) is 0 Å². The van der Waals surface area contributed by atoms with Crippen LogP contribution in [-0.4, -0.2) is 13.0 Å². The number of alkyl halides is 1. The van der Waals surface area contributed by atoms with Gasteiger partial charge in [-0.1, -0.05) is 18.2 Å². The molecule has 0 saturated carbocycles. The Balaban J connectivity index is 2.83. The first-order valence-corrected chi connectivity index (χ1v) is 4.10. The van der Waals surface area contributed by atoms with E-state index in [0.29, 0.717) is 5.88 Å². The third kappa shape index (κ3) is 2.12. The van der Waals surface area contributed by atoms with E-state index in [9.17, 15) is 0 Å². The number of para-hydroxylation sites is 1. The summed E-state index contributed by atoms with van der Waals surface area (Å²) in [6.07, 6.45) is 0.867. The molecule has 0 unspecified atom stereocenters. The predicted octanol–water partition coefficient (Wildman–Crippen LogP) is 2.48. The molecule has 1 aromatic carbocycles. The van der Waals surface area contributed by atoms with Gasteiger partial charge in [-0.05, 0) is 18.1 Å². The first-order chi connectivity index (χ1) is 5.38. The van der Waals surface area contributed by atoms with Gasteiger partial charge in [-0.25, -0.2) is 0 Å². The van der Waals surface area contributed by atoms with Crippen LogP contribution in [0.2, 0.25) is 0 Å². The summed E-state index contributed by atoms with van der Waals surface area (Å²) in [5.41, 5.74) is 1.17. The Morgan fingerprint density at radius 1 is 1.36 bits per heavy atom. The van der Waals surface area contributed by atoms with Crippen LogP contribution in [0.25, 0.3) is 0 Å². The molecule has 0 heterocycles. The summed E-state index contributed by atoms with van der Waals surface area (Å²) in [6.45, 7) is 0. The van der Waals surface area contributed by atoms with Crippen LogP contribution < -0.4 is 4.74 Å². The molecule has 1 rings (SSSR count). The number of halogens is 1. The lowest BCUT2D eigenvalue weighted by Crippen LogP contribution is -1.91. The van der Waals surface area contributed by atoms with Crippen LogP contribution >= 0.6 is 11.6 Å². The Hall–Kier alpha value is -0.690. The third-order valence-electron chi connectivity index (χ3n) is 1.56. The minimum absolute atomic E-state index is 0.639. The minimum atomic E-state index is 0.639. The highest BCUT2D eigenvalue weighted by Crippen LogP contribution is 2.17. The summed E-state index contributed by atoms with van der Waals surface area (Å²) in [4.78, 5) is 0. The maximum atomic E-state index is 5.61. The van der Waals surface area contributed by atoms with Crippen molar-refractivity contribution < 1.29 is 4.74 Å². The molecule has 0 aliphatic carbocycles. The number of benzene rings is 1. The highest BCUT2D eigenvalue weighted by atomic mass is 35.5. The van der Waals surface area contributed by atoms with Gasteiger partial charge in [-0.2, -0.15) is 0 Å². The fourth-order valence-corrected chi connectivity index (χ4v) is 1.21. The fourth-order valence-electron chi connectivity index (χ4n) is 1.01. The highest BCUT2D eigenvalue weighted by Gasteiger charge is 1.98. The van der Waals surface area contributed by atoms with Gasteiger partial charge < -0.3 is 4.74 Å². The van der Waals surface area contributed by atoms with Crippen LogP contribution in [0.15, 0.2) is 24.3 Å². The summed E-state index contributed by atoms with van der Waals surface area (Å²) >= 11 is 5.61. The molecule has 0 aromatic heterocycles. The lowest BCUT2D eigenvalue weighted by Gasteiger charge is -2.04. The molecule has 0 atom stereocenters. The second-order valence-electron chi connectivity index (χ2n) is 2.25. The molecular weight excluding hydrogens is 160 g/mol. The lowest BCUT2D eigenvalue weighted by molar-refractivity contribution is 0.410. The average Bonchev–Trinajstić information content (AvgIpc) is 2.06. The molecular formula is C9H11ClO. The number of rotatable bonds is 3.